The third kappa shape index (κ3) is 4.94. The van der Waals surface area contributed by atoms with Gasteiger partial charge in [-0.1, -0.05) is 35.9 Å². The molecule has 3 rings (SSSR count). The zero-order chi connectivity index (χ0) is 16.8. The number of benzene rings is 2. The molecule has 2 aromatic carbocycles. The second kappa shape index (κ2) is 8.47. The standard InChI is InChI=1S/C19H22ClFN2O/c20-19-14-17(21)7-6-16(19)15-23-10-8-22(9-11-23)12-13-24-18-4-2-1-3-5-18/h1-7,14H,8-13,15H2. The van der Waals surface area contributed by atoms with Crippen molar-refractivity contribution in [3.05, 3.63) is 64.9 Å². The van der Waals surface area contributed by atoms with Gasteiger partial charge in [0.1, 0.15) is 18.2 Å². The number of piperazine rings is 1. The number of para-hydroxylation sites is 1. The average Bonchev–Trinajstić information content (AvgIpc) is 2.60. The lowest BCUT2D eigenvalue weighted by atomic mass is 10.2. The zero-order valence-corrected chi connectivity index (χ0v) is 14.4. The Morgan fingerprint density at radius 3 is 2.38 bits per heavy atom. The van der Waals surface area contributed by atoms with Crippen molar-refractivity contribution in [1.29, 1.82) is 0 Å². The normalized spacial score (nSPS) is 16.2. The van der Waals surface area contributed by atoms with Crippen molar-refractivity contribution in [2.24, 2.45) is 0 Å². The van der Waals surface area contributed by atoms with Crippen molar-refractivity contribution in [1.82, 2.24) is 9.80 Å². The van der Waals surface area contributed by atoms with Crippen LogP contribution in [-0.4, -0.2) is 49.1 Å². The highest BCUT2D eigenvalue weighted by Gasteiger charge is 2.17. The summed E-state index contributed by atoms with van der Waals surface area (Å²) in [6.07, 6.45) is 0. The Bertz CT molecular complexity index is 645. The van der Waals surface area contributed by atoms with Crippen LogP contribution in [0.5, 0.6) is 5.75 Å². The molecule has 1 saturated heterocycles. The molecule has 0 saturated carbocycles. The molecule has 1 fully saturated rings. The van der Waals surface area contributed by atoms with E-state index >= 15 is 0 Å². The molecular weight excluding hydrogens is 327 g/mol. The monoisotopic (exact) mass is 348 g/mol. The van der Waals surface area contributed by atoms with Crippen LogP contribution >= 0.6 is 11.6 Å². The van der Waals surface area contributed by atoms with E-state index in [2.05, 4.69) is 9.80 Å². The molecule has 1 heterocycles. The van der Waals surface area contributed by atoms with Gasteiger partial charge in [0.15, 0.2) is 0 Å². The largest absolute Gasteiger partial charge is 0.492 e. The van der Waals surface area contributed by atoms with Gasteiger partial charge in [-0.15, -0.1) is 0 Å². The number of rotatable bonds is 6. The van der Waals surface area contributed by atoms with Gasteiger partial charge in [0.25, 0.3) is 0 Å². The lowest BCUT2D eigenvalue weighted by molar-refractivity contribution is 0.112. The quantitative estimate of drug-likeness (QED) is 0.792. The molecule has 128 valence electrons. The lowest BCUT2D eigenvalue weighted by Crippen LogP contribution is -2.47. The van der Waals surface area contributed by atoms with Crippen LogP contribution in [0, 0.1) is 5.82 Å². The summed E-state index contributed by atoms with van der Waals surface area (Å²) in [5.74, 6) is 0.633. The molecule has 0 unspecified atom stereocenters. The summed E-state index contributed by atoms with van der Waals surface area (Å²) in [4.78, 5) is 4.76. The van der Waals surface area contributed by atoms with Crippen molar-refractivity contribution >= 4 is 11.6 Å². The van der Waals surface area contributed by atoms with Crippen molar-refractivity contribution in [2.75, 3.05) is 39.3 Å². The Morgan fingerprint density at radius 2 is 1.67 bits per heavy atom. The molecule has 1 aliphatic rings. The van der Waals surface area contributed by atoms with Crippen molar-refractivity contribution < 1.29 is 9.13 Å². The molecule has 0 N–H and O–H groups in total. The summed E-state index contributed by atoms with van der Waals surface area (Å²) in [5, 5.41) is 0.508. The minimum absolute atomic E-state index is 0.285. The SMILES string of the molecule is Fc1ccc(CN2CCN(CCOc3ccccc3)CC2)c(Cl)c1. The van der Waals surface area contributed by atoms with E-state index in [1.807, 2.05) is 30.3 Å². The van der Waals surface area contributed by atoms with Crippen LogP contribution in [0.3, 0.4) is 0 Å². The van der Waals surface area contributed by atoms with Gasteiger partial charge in [-0.05, 0) is 29.8 Å². The lowest BCUT2D eigenvalue weighted by Gasteiger charge is -2.34. The van der Waals surface area contributed by atoms with E-state index in [-0.39, 0.29) is 5.82 Å². The fourth-order valence-corrected chi connectivity index (χ4v) is 3.10. The van der Waals surface area contributed by atoms with Crippen LogP contribution in [-0.2, 0) is 6.54 Å². The molecule has 0 aliphatic carbocycles. The first-order valence-electron chi connectivity index (χ1n) is 8.27. The van der Waals surface area contributed by atoms with Gasteiger partial charge in [-0.2, -0.15) is 0 Å². The van der Waals surface area contributed by atoms with E-state index in [9.17, 15) is 4.39 Å². The highest BCUT2D eigenvalue weighted by molar-refractivity contribution is 6.31. The highest BCUT2D eigenvalue weighted by Crippen LogP contribution is 2.19. The second-order valence-corrected chi connectivity index (χ2v) is 6.42. The Labute approximate surface area is 147 Å². The van der Waals surface area contributed by atoms with Gasteiger partial charge < -0.3 is 4.74 Å². The summed E-state index contributed by atoms with van der Waals surface area (Å²) in [6.45, 7) is 6.40. The third-order valence-corrected chi connectivity index (χ3v) is 4.65. The van der Waals surface area contributed by atoms with Crippen LogP contribution in [0.4, 0.5) is 4.39 Å². The number of nitrogens with zero attached hydrogens (tertiary/aromatic N) is 2. The first kappa shape index (κ1) is 17.2. The smallest absolute Gasteiger partial charge is 0.124 e. The van der Waals surface area contributed by atoms with Crippen LogP contribution < -0.4 is 4.74 Å². The van der Waals surface area contributed by atoms with E-state index in [1.54, 1.807) is 6.07 Å². The maximum absolute atomic E-state index is 13.1. The Morgan fingerprint density at radius 1 is 0.958 bits per heavy atom. The third-order valence-electron chi connectivity index (χ3n) is 4.29. The van der Waals surface area contributed by atoms with Gasteiger partial charge >= 0.3 is 0 Å². The first-order valence-corrected chi connectivity index (χ1v) is 8.65. The van der Waals surface area contributed by atoms with Gasteiger partial charge in [-0.25, -0.2) is 4.39 Å². The van der Waals surface area contributed by atoms with E-state index < -0.39 is 0 Å². The predicted molar refractivity (Wildman–Crippen MR) is 95.1 cm³/mol. The number of halogens is 2. The average molecular weight is 349 g/mol. The minimum atomic E-state index is -0.285. The van der Waals surface area contributed by atoms with E-state index in [1.165, 1.54) is 12.1 Å². The van der Waals surface area contributed by atoms with E-state index in [4.69, 9.17) is 16.3 Å². The zero-order valence-electron chi connectivity index (χ0n) is 13.6. The van der Waals surface area contributed by atoms with Gasteiger partial charge in [0.05, 0.1) is 0 Å². The van der Waals surface area contributed by atoms with Gasteiger partial charge in [0.2, 0.25) is 0 Å². The molecule has 1 aliphatic heterocycles. The van der Waals surface area contributed by atoms with Crippen LogP contribution in [0.15, 0.2) is 48.5 Å². The Balaban J connectivity index is 1.39. The van der Waals surface area contributed by atoms with Crippen LogP contribution in [0.25, 0.3) is 0 Å². The minimum Gasteiger partial charge on any atom is -0.492 e. The maximum Gasteiger partial charge on any atom is 0.124 e. The summed E-state index contributed by atoms with van der Waals surface area (Å²) in [5.41, 5.74) is 0.985. The fraction of sp³-hybridized carbons (Fsp3) is 0.368. The molecule has 0 bridgehead atoms. The van der Waals surface area contributed by atoms with Crippen molar-refractivity contribution in [2.45, 2.75) is 6.54 Å². The molecule has 5 heteroatoms. The maximum atomic E-state index is 13.1. The summed E-state index contributed by atoms with van der Waals surface area (Å²) < 4.78 is 18.9. The fourth-order valence-electron chi connectivity index (χ4n) is 2.87. The van der Waals surface area contributed by atoms with Crippen molar-refractivity contribution in [3.8, 4) is 5.75 Å². The number of ether oxygens (including phenoxy) is 1. The topological polar surface area (TPSA) is 15.7 Å². The van der Waals surface area contributed by atoms with Gasteiger partial charge in [0, 0.05) is 44.3 Å². The van der Waals surface area contributed by atoms with Crippen LogP contribution in [0.1, 0.15) is 5.56 Å². The molecule has 0 amide bonds. The molecule has 3 nitrogen and oxygen atoms in total. The van der Waals surface area contributed by atoms with Crippen LogP contribution in [0.2, 0.25) is 5.02 Å². The summed E-state index contributed by atoms with van der Waals surface area (Å²) in [6, 6.07) is 14.5. The Kier molecular flexibility index (Phi) is 6.07. The van der Waals surface area contributed by atoms with E-state index in [0.717, 1.165) is 50.6 Å². The molecular formula is C19H22ClFN2O. The highest BCUT2D eigenvalue weighted by atomic mass is 35.5. The van der Waals surface area contributed by atoms with Gasteiger partial charge in [-0.3, -0.25) is 9.80 Å². The molecule has 0 atom stereocenters. The summed E-state index contributed by atoms with van der Waals surface area (Å²) >= 11 is 6.11. The molecule has 0 radical (unpaired) electrons. The molecule has 0 spiro atoms. The Hall–Kier alpha value is -1.62. The summed E-state index contributed by atoms with van der Waals surface area (Å²) in [7, 11) is 0. The number of hydrogen-bond donors (Lipinski definition) is 0. The predicted octanol–water partition coefficient (Wildman–Crippen LogP) is 3.68. The van der Waals surface area contributed by atoms with E-state index in [0.29, 0.717) is 11.6 Å². The first-order chi connectivity index (χ1) is 11.7. The van der Waals surface area contributed by atoms with Crippen molar-refractivity contribution in [3.63, 3.8) is 0 Å². The number of hydrogen-bond acceptors (Lipinski definition) is 3. The molecule has 2 aromatic rings. The molecule has 0 aromatic heterocycles. The second-order valence-electron chi connectivity index (χ2n) is 6.02. The molecule has 24 heavy (non-hydrogen) atoms.